The Morgan fingerprint density at radius 3 is 1.81 bits per heavy atom. The molecule has 0 aromatic heterocycles. The van der Waals surface area contributed by atoms with Crippen molar-refractivity contribution in [2.24, 2.45) is 0 Å². The normalized spacial score (nSPS) is 12.7. The van der Waals surface area contributed by atoms with Crippen LogP contribution in [0.15, 0.2) is 17.9 Å². The molecule has 1 rings (SSSR count). The molecule has 1 radical (unpaired) electrons. The van der Waals surface area contributed by atoms with E-state index in [1.54, 1.807) is 6.92 Å². The van der Waals surface area contributed by atoms with Gasteiger partial charge in [-0.25, -0.2) is 14.7 Å². The topological polar surface area (TPSA) is 124 Å². The number of aliphatic hydroxyl groups excluding tert-OH is 2. The minimum Gasteiger partial charge on any atom is -0.478 e. The first-order valence-electron chi connectivity index (χ1n) is 7.16. The molecule has 1 aromatic carbocycles. The van der Waals surface area contributed by atoms with Crippen LogP contribution in [0.4, 0.5) is 0 Å². The number of rotatable bonds is 6. The lowest BCUT2D eigenvalue weighted by Crippen LogP contribution is -2.20. The van der Waals surface area contributed by atoms with Crippen LogP contribution in [0.1, 0.15) is 41.0 Å². The van der Waals surface area contributed by atoms with E-state index >= 15 is 0 Å². The number of aromatic carboxylic acids is 1. The van der Waals surface area contributed by atoms with Crippen LogP contribution in [-0.2, 0) is 9.84 Å². The number of carboxylic acids is 1. The number of esters is 1. The Balaban J connectivity index is 0.00000110. The van der Waals surface area contributed by atoms with Crippen molar-refractivity contribution in [3.05, 3.63) is 29.0 Å². The minimum atomic E-state index is -1.27. The second-order valence-corrected chi connectivity index (χ2v) is 8.23. The van der Waals surface area contributed by atoms with Crippen LogP contribution in [0.2, 0.25) is 0 Å². The molecule has 0 heterocycles. The summed E-state index contributed by atoms with van der Waals surface area (Å²) in [5.41, 5.74) is -0.313. The highest BCUT2D eigenvalue weighted by atomic mass is 79.9. The van der Waals surface area contributed by atoms with E-state index in [9.17, 15) is 19.8 Å². The summed E-state index contributed by atoms with van der Waals surface area (Å²) in [5.74, 6) is -2.05. The molecular formula is C15H17Br4O7. The summed E-state index contributed by atoms with van der Waals surface area (Å²) in [6.07, 6.45) is -0.933. The molecule has 0 aliphatic heterocycles. The first-order valence-corrected chi connectivity index (χ1v) is 10.3. The average molecular weight is 615 g/mol. The van der Waals surface area contributed by atoms with Crippen LogP contribution in [0, 0.1) is 0 Å². The summed E-state index contributed by atoms with van der Waals surface area (Å²) in [6, 6.07) is 0. The van der Waals surface area contributed by atoms with Gasteiger partial charge in [0, 0.05) is 30.9 Å². The van der Waals surface area contributed by atoms with Crippen molar-refractivity contribution in [2.45, 2.75) is 32.5 Å². The molecule has 0 bridgehead atoms. The maximum absolute atomic E-state index is 12.2. The van der Waals surface area contributed by atoms with Crippen LogP contribution in [0.5, 0.6) is 0 Å². The van der Waals surface area contributed by atoms with Gasteiger partial charge in [0.1, 0.15) is 12.7 Å². The van der Waals surface area contributed by atoms with E-state index in [-0.39, 0.29) is 39.7 Å². The fraction of sp³-hybridized carbons (Fsp3) is 0.467. The Labute approximate surface area is 184 Å². The zero-order chi connectivity index (χ0) is 20.6. The van der Waals surface area contributed by atoms with Crippen molar-refractivity contribution in [1.29, 1.82) is 0 Å². The predicted octanol–water partition coefficient (Wildman–Crippen LogP) is 4.16. The molecule has 7 nitrogen and oxygen atoms in total. The molecule has 26 heavy (non-hydrogen) atoms. The smallest absolute Gasteiger partial charge is 0.340 e. The lowest BCUT2D eigenvalue weighted by molar-refractivity contribution is 0.0282. The van der Waals surface area contributed by atoms with E-state index in [1.165, 1.54) is 6.92 Å². The van der Waals surface area contributed by atoms with Crippen molar-refractivity contribution in [1.82, 2.24) is 0 Å². The standard InChI is InChI=1S/C12H10Br4O5.C3H7O2/c1-4(2-3-17)21-12(20)6-5(11(18)19)7(13)9(15)10(16)8(6)14;1-3(5)2-4/h4,17H,2-3H2,1H3,(H,18,19);3,5H,2H2,1H3/i;4-14. The Kier molecular flexibility index (Phi) is 12.4. The van der Waals surface area contributed by atoms with Gasteiger partial charge in [0.25, 0.3) is 0 Å². The minimum absolute atomic E-state index is 0.103. The molecule has 2 atom stereocenters. The maximum atomic E-state index is 12.2. The highest BCUT2D eigenvalue weighted by molar-refractivity contribution is 9.15. The van der Waals surface area contributed by atoms with Gasteiger partial charge in [-0.05, 0) is 77.6 Å². The summed E-state index contributed by atoms with van der Waals surface area (Å²) >= 11 is 12.9. The fourth-order valence-electron chi connectivity index (χ4n) is 1.51. The second kappa shape index (κ2) is 12.4. The largest absolute Gasteiger partial charge is 0.478 e. The third-order valence-electron chi connectivity index (χ3n) is 2.77. The molecule has 0 aliphatic rings. The molecule has 2 unspecified atom stereocenters. The van der Waals surface area contributed by atoms with Gasteiger partial charge in [0.05, 0.1) is 17.2 Å². The van der Waals surface area contributed by atoms with Gasteiger partial charge >= 0.3 is 11.9 Å². The van der Waals surface area contributed by atoms with Gasteiger partial charge < -0.3 is 20.1 Å². The number of hydrogen-bond donors (Lipinski definition) is 3. The van der Waals surface area contributed by atoms with Crippen LogP contribution >= 0.6 is 63.7 Å². The highest BCUT2D eigenvalue weighted by Crippen LogP contribution is 2.42. The van der Waals surface area contributed by atoms with Crippen molar-refractivity contribution in [3.63, 3.8) is 0 Å². The Hall–Kier alpha value is -0.0400. The molecule has 0 amide bonds. The van der Waals surface area contributed by atoms with Crippen LogP contribution < -0.4 is 0 Å². The van der Waals surface area contributed by atoms with Crippen molar-refractivity contribution in [2.75, 3.05) is 13.2 Å². The monoisotopic (exact) mass is 611 g/mol. The maximum Gasteiger partial charge on any atom is 0.340 e. The molecule has 0 fully saturated rings. The summed E-state index contributed by atoms with van der Waals surface area (Å²) in [5, 5.41) is 35.6. The molecule has 3 N–H and O–H groups in total. The second-order valence-electron chi connectivity index (χ2n) is 5.05. The lowest BCUT2D eigenvalue weighted by Gasteiger charge is -2.16. The quantitative estimate of drug-likeness (QED) is 0.251. The SMILES string of the molecule is CC(CCO)OC(=O)c1c(Br)c(Br)c(Br)c(Br)c1C(=O)O.CC(O)C[2O]. The van der Waals surface area contributed by atoms with E-state index in [4.69, 9.17) is 14.9 Å². The number of carbonyl (C=O) groups is 2. The van der Waals surface area contributed by atoms with E-state index < -0.39 is 24.1 Å². The first-order chi connectivity index (χ1) is 12.0. The first kappa shape index (κ1) is 26.0. The van der Waals surface area contributed by atoms with Gasteiger partial charge in [-0.15, -0.1) is 0 Å². The van der Waals surface area contributed by atoms with Crippen molar-refractivity contribution in [3.8, 4) is 0 Å². The molecule has 11 heteroatoms. The molecule has 0 saturated heterocycles. The summed E-state index contributed by atoms with van der Waals surface area (Å²) in [7, 11) is 0. The summed E-state index contributed by atoms with van der Waals surface area (Å²) < 4.78 is 6.60. The number of hydrogen-bond acceptors (Lipinski definition) is 5. The Morgan fingerprint density at radius 2 is 1.46 bits per heavy atom. The number of carbonyl (C=O) groups excluding carboxylic acids is 1. The fourth-order valence-corrected chi connectivity index (χ4v) is 3.96. The molecule has 0 saturated carbocycles. The van der Waals surface area contributed by atoms with E-state index in [1.807, 2.05) is 0 Å². The van der Waals surface area contributed by atoms with Crippen LogP contribution in [0.3, 0.4) is 0 Å². The summed E-state index contributed by atoms with van der Waals surface area (Å²) in [4.78, 5) is 23.7. The number of halogens is 4. The average Bonchev–Trinajstić information content (AvgIpc) is 2.56. The summed E-state index contributed by atoms with van der Waals surface area (Å²) in [6.45, 7) is 2.56. The number of ether oxygens (including phenoxy) is 1. The predicted molar refractivity (Wildman–Crippen MR) is 108 cm³/mol. The van der Waals surface area contributed by atoms with E-state index in [0.29, 0.717) is 8.95 Å². The van der Waals surface area contributed by atoms with Gasteiger partial charge in [-0.2, -0.15) is 0 Å². The zero-order valence-electron chi connectivity index (χ0n) is 13.8. The highest BCUT2D eigenvalue weighted by Gasteiger charge is 2.29. The zero-order valence-corrected chi connectivity index (χ0v) is 20.1. The third-order valence-corrected chi connectivity index (χ3v) is 7.54. The number of carboxylic acid groups (broad SMARTS) is 1. The Bertz CT molecular complexity index is 650. The molecule has 1 aromatic rings. The van der Waals surface area contributed by atoms with Crippen LogP contribution in [0.25, 0.3) is 0 Å². The van der Waals surface area contributed by atoms with Gasteiger partial charge in [-0.3, -0.25) is 0 Å². The number of aliphatic hydroxyl groups is 2. The lowest BCUT2D eigenvalue weighted by atomic mass is 1.90. The van der Waals surface area contributed by atoms with Gasteiger partial charge in [0.15, 0.2) is 0 Å². The molecule has 0 spiro atoms. The van der Waals surface area contributed by atoms with Gasteiger partial charge in [0.2, 0.25) is 0 Å². The van der Waals surface area contributed by atoms with Gasteiger partial charge in [-0.1, -0.05) is 0 Å². The van der Waals surface area contributed by atoms with Crippen LogP contribution in [-0.4, -0.2) is 52.7 Å². The number of benzene rings is 1. The molecule has 0 aliphatic carbocycles. The van der Waals surface area contributed by atoms with Crippen molar-refractivity contribution >= 4 is 75.7 Å². The van der Waals surface area contributed by atoms with Crippen molar-refractivity contribution < 1.29 is 34.8 Å². The molecular weight excluding hydrogens is 598 g/mol. The van der Waals surface area contributed by atoms with E-state index in [0.717, 1.165) is 0 Å². The third kappa shape index (κ3) is 7.53. The Morgan fingerprint density at radius 1 is 1.04 bits per heavy atom. The molecule has 147 valence electrons. The van der Waals surface area contributed by atoms with E-state index in [2.05, 4.69) is 63.7 Å².